The van der Waals surface area contributed by atoms with Crippen LogP contribution in [0.3, 0.4) is 0 Å². The number of azide groups is 1. The molecule has 1 saturated heterocycles. The third-order valence-corrected chi connectivity index (χ3v) is 6.88. The predicted molar refractivity (Wildman–Crippen MR) is 122 cm³/mol. The van der Waals surface area contributed by atoms with Gasteiger partial charge in [0.2, 0.25) is 5.91 Å². The van der Waals surface area contributed by atoms with E-state index >= 15 is 0 Å². The lowest BCUT2D eigenvalue weighted by Gasteiger charge is -2.37. The molecule has 34 heavy (non-hydrogen) atoms. The molecule has 178 valence electrons. The van der Waals surface area contributed by atoms with E-state index in [0.29, 0.717) is 5.56 Å². The molecule has 2 fully saturated rings. The summed E-state index contributed by atoms with van der Waals surface area (Å²) >= 11 is 0. The molecule has 0 N–H and O–H groups in total. The second-order valence-corrected chi connectivity index (χ2v) is 8.71. The van der Waals surface area contributed by atoms with Crippen molar-refractivity contribution in [3.05, 3.63) is 82.0 Å². The molecular weight excluding hydrogens is 439 g/mol. The van der Waals surface area contributed by atoms with Crippen molar-refractivity contribution in [3.8, 4) is 0 Å². The van der Waals surface area contributed by atoms with Crippen molar-refractivity contribution in [2.24, 2.45) is 11.0 Å². The minimum atomic E-state index is -1.18. The summed E-state index contributed by atoms with van der Waals surface area (Å²) in [5.74, 6) is -1.54. The summed E-state index contributed by atoms with van der Waals surface area (Å²) in [7, 11) is 1.68. The van der Waals surface area contributed by atoms with E-state index in [1.54, 1.807) is 19.2 Å². The van der Waals surface area contributed by atoms with Crippen molar-refractivity contribution in [2.75, 3.05) is 13.7 Å². The fraction of sp³-hybridized carbons (Fsp3) is 0.440. The SMILES string of the molecule is COC1CCC([C@@H](c2ccc(F)cc2)[C@H](N=[N+]=[N-])C(=O)N2C(=O)OC[C@@H]2c2ccccc2)CC1. The van der Waals surface area contributed by atoms with Crippen molar-refractivity contribution in [1.82, 2.24) is 4.90 Å². The zero-order valence-corrected chi connectivity index (χ0v) is 18.9. The molecule has 1 aliphatic carbocycles. The molecule has 9 heteroatoms. The van der Waals surface area contributed by atoms with Crippen molar-refractivity contribution < 1.29 is 23.5 Å². The predicted octanol–water partition coefficient (Wildman–Crippen LogP) is 5.51. The van der Waals surface area contributed by atoms with E-state index in [2.05, 4.69) is 10.0 Å². The number of amides is 2. The van der Waals surface area contributed by atoms with Crippen LogP contribution in [0.5, 0.6) is 0 Å². The van der Waals surface area contributed by atoms with Gasteiger partial charge in [-0.1, -0.05) is 47.6 Å². The summed E-state index contributed by atoms with van der Waals surface area (Å²) in [5, 5.41) is 3.90. The van der Waals surface area contributed by atoms with Crippen LogP contribution in [0, 0.1) is 11.7 Å². The molecule has 0 aromatic heterocycles. The molecule has 0 unspecified atom stereocenters. The van der Waals surface area contributed by atoms with E-state index in [-0.39, 0.29) is 18.6 Å². The third kappa shape index (κ3) is 4.90. The first-order valence-electron chi connectivity index (χ1n) is 11.4. The minimum absolute atomic E-state index is 0.00916. The average molecular weight is 467 g/mol. The molecule has 1 heterocycles. The molecular formula is C25H27FN4O4. The van der Waals surface area contributed by atoms with Gasteiger partial charge in [0, 0.05) is 17.9 Å². The lowest BCUT2D eigenvalue weighted by Crippen LogP contribution is -2.45. The molecule has 3 atom stereocenters. The van der Waals surface area contributed by atoms with Crippen LogP contribution < -0.4 is 0 Å². The van der Waals surface area contributed by atoms with Crippen molar-refractivity contribution >= 4 is 12.0 Å². The van der Waals surface area contributed by atoms with Gasteiger partial charge in [-0.3, -0.25) is 4.79 Å². The van der Waals surface area contributed by atoms with Gasteiger partial charge in [-0.15, -0.1) is 0 Å². The largest absolute Gasteiger partial charge is 0.446 e. The van der Waals surface area contributed by atoms with Gasteiger partial charge in [0.1, 0.15) is 24.5 Å². The van der Waals surface area contributed by atoms with Gasteiger partial charge in [-0.2, -0.15) is 0 Å². The fourth-order valence-electron chi connectivity index (χ4n) is 5.14. The van der Waals surface area contributed by atoms with E-state index in [9.17, 15) is 19.5 Å². The molecule has 1 aliphatic heterocycles. The molecule has 0 radical (unpaired) electrons. The van der Waals surface area contributed by atoms with Gasteiger partial charge >= 0.3 is 6.09 Å². The van der Waals surface area contributed by atoms with E-state index in [1.807, 2.05) is 30.3 Å². The highest BCUT2D eigenvalue weighted by Gasteiger charge is 2.45. The smallest absolute Gasteiger partial charge is 0.417 e. The molecule has 8 nitrogen and oxygen atoms in total. The Labute approximate surface area is 197 Å². The Morgan fingerprint density at radius 2 is 1.82 bits per heavy atom. The van der Waals surface area contributed by atoms with E-state index in [1.165, 1.54) is 12.1 Å². The first-order valence-corrected chi connectivity index (χ1v) is 11.4. The average Bonchev–Trinajstić information content (AvgIpc) is 3.26. The number of halogens is 1. The second-order valence-electron chi connectivity index (χ2n) is 8.71. The number of benzene rings is 2. The molecule has 4 rings (SSSR count). The minimum Gasteiger partial charge on any atom is -0.446 e. The Kier molecular flexibility index (Phi) is 7.45. The maximum Gasteiger partial charge on any atom is 0.417 e. The number of methoxy groups -OCH3 is 1. The van der Waals surface area contributed by atoms with Gasteiger partial charge in [0.05, 0.1) is 6.10 Å². The van der Waals surface area contributed by atoms with Crippen LogP contribution in [0.2, 0.25) is 0 Å². The highest BCUT2D eigenvalue weighted by molar-refractivity contribution is 5.97. The molecule has 1 saturated carbocycles. The fourth-order valence-corrected chi connectivity index (χ4v) is 5.14. The zero-order chi connectivity index (χ0) is 24.1. The van der Waals surface area contributed by atoms with Crippen molar-refractivity contribution in [3.63, 3.8) is 0 Å². The first kappa shape index (κ1) is 23.7. The normalized spacial score (nSPS) is 24.1. The lowest BCUT2D eigenvalue weighted by atomic mass is 9.72. The Bertz CT molecular complexity index is 1050. The Hall–Kier alpha value is -3.42. The van der Waals surface area contributed by atoms with Crippen LogP contribution in [0.25, 0.3) is 10.4 Å². The number of cyclic esters (lactones) is 1. The van der Waals surface area contributed by atoms with Crippen LogP contribution in [-0.4, -0.2) is 42.8 Å². The third-order valence-electron chi connectivity index (χ3n) is 6.88. The van der Waals surface area contributed by atoms with Gasteiger partial charge in [-0.25, -0.2) is 14.1 Å². The van der Waals surface area contributed by atoms with Crippen LogP contribution in [0.15, 0.2) is 59.7 Å². The van der Waals surface area contributed by atoms with Gasteiger partial charge in [0.15, 0.2) is 0 Å². The summed E-state index contributed by atoms with van der Waals surface area (Å²) in [6.07, 6.45) is 2.46. The first-order chi connectivity index (χ1) is 16.5. The molecule has 2 amide bonds. The number of carbonyl (C=O) groups is 2. The van der Waals surface area contributed by atoms with Crippen LogP contribution in [0.1, 0.15) is 48.8 Å². The number of hydrogen-bond acceptors (Lipinski definition) is 5. The Morgan fingerprint density at radius 1 is 1.15 bits per heavy atom. The number of imide groups is 1. The second kappa shape index (κ2) is 10.7. The Balaban J connectivity index is 1.71. The summed E-state index contributed by atoms with van der Waals surface area (Å²) < 4.78 is 24.4. The van der Waals surface area contributed by atoms with E-state index < -0.39 is 35.8 Å². The lowest BCUT2D eigenvalue weighted by molar-refractivity contribution is -0.131. The summed E-state index contributed by atoms with van der Waals surface area (Å²) in [6.45, 7) is 0.0255. The van der Waals surface area contributed by atoms with Crippen molar-refractivity contribution in [1.29, 1.82) is 0 Å². The Morgan fingerprint density at radius 3 is 2.44 bits per heavy atom. The summed E-state index contributed by atoms with van der Waals surface area (Å²) in [6, 6.07) is 13.2. The number of nitrogens with zero attached hydrogens (tertiary/aromatic N) is 4. The van der Waals surface area contributed by atoms with Crippen LogP contribution >= 0.6 is 0 Å². The van der Waals surface area contributed by atoms with Gasteiger partial charge in [0.25, 0.3) is 0 Å². The monoisotopic (exact) mass is 466 g/mol. The highest BCUT2D eigenvalue weighted by atomic mass is 19.1. The van der Waals surface area contributed by atoms with Crippen LogP contribution in [-0.2, 0) is 14.3 Å². The number of hydrogen-bond donors (Lipinski definition) is 0. The molecule has 0 bridgehead atoms. The van der Waals surface area contributed by atoms with Crippen molar-refractivity contribution in [2.45, 2.75) is 49.8 Å². The molecule has 2 aromatic rings. The molecule has 2 aliphatic rings. The highest BCUT2D eigenvalue weighted by Crippen LogP contribution is 2.42. The van der Waals surface area contributed by atoms with E-state index in [0.717, 1.165) is 36.1 Å². The maximum absolute atomic E-state index is 13.8. The van der Waals surface area contributed by atoms with E-state index in [4.69, 9.17) is 9.47 Å². The molecule has 0 spiro atoms. The topological polar surface area (TPSA) is 105 Å². The number of rotatable bonds is 7. The summed E-state index contributed by atoms with van der Waals surface area (Å²) in [4.78, 5) is 30.5. The van der Waals surface area contributed by atoms with Crippen LogP contribution in [0.4, 0.5) is 9.18 Å². The maximum atomic E-state index is 13.8. The van der Waals surface area contributed by atoms with Gasteiger partial charge < -0.3 is 9.47 Å². The standard InChI is InChI=1S/C25H27FN4O4/c1-33-20-13-9-18(10-14-20)22(17-7-11-19(26)12-8-17)23(28-29-27)24(31)30-21(15-34-25(30)32)16-5-3-2-4-6-16/h2-8,11-12,18,20-23H,9-10,13-15H2,1H3/t18?,20?,21-,22-,23+/m1/s1. The molecule has 2 aromatic carbocycles. The zero-order valence-electron chi connectivity index (χ0n) is 18.9. The summed E-state index contributed by atoms with van der Waals surface area (Å²) in [5.41, 5.74) is 10.8. The van der Waals surface area contributed by atoms with Gasteiger partial charge in [-0.05, 0) is 60.4 Å². The number of ether oxygens (including phenoxy) is 2. The number of carbonyl (C=O) groups excluding carboxylic acids is 2. The quantitative estimate of drug-likeness (QED) is 0.305.